The van der Waals surface area contributed by atoms with Crippen molar-refractivity contribution >= 4 is 17.7 Å². The number of carbonyl (C=O) groups excluding carboxylic acids is 3. The fourth-order valence-electron chi connectivity index (χ4n) is 15.5. The minimum Gasteiger partial charge on any atom is -0.459 e. The maximum Gasteiger partial charge on any atom is 0.311 e. The Hall–Kier alpha value is -2.30. The number of aliphatic hydroxyl groups excluding tert-OH is 3. The Bertz CT molecular complexity index is 1920. The molecule has 0 aromatic heterocycles. The van der Waals surface area contributed by atoms with Crippen LogP contribution in [0.4, 0.5) is 4.39 Å². The van der Waals surface area contributed by atoms with Gasteiger partial charge >= 0.3 is 5.97 Å². The number of ether oxygens (including phenoxy) is 4. The van der Waals surface area contributed by atoms with Gasteiger partial charge in [-0.3, -0.25) is 14.4 Å². The summed E-state index contributed by atoms with van der Waals surface area (Å²) in [4.78, 5) is 40.9. The molecule has 0 aromatic carbocycles. The van der Waals surface area contributed by atoms with Crippen LogP contribution in [0.15, 0.2) is 23.8 Å². The summed E-state index contributed by atoms with van der Waals surface area (Å²) < 4.78 is 42.3. The first-order valence-corrected chi connectivity index (χ1v) is 27.0. The summed E-state index contributed by atoms with van der Waals surface area (Å²) in [7, 11) is 1.53. The Balaban J connectivity index is 1.15. The van der Waals surface area contributed by atoms with Gasteiger partial charge in [0.1, 0.15) is 17.8 Å². The lowest BCUT2D eigenvalue weighted by Crippen LogP contribution is -2.67. The molecule has 0 aromatic rings. The molecule has 6 rings (SSSR count). The zero-order chi connectivity index (χ0) is 52.1. The molecular weight excluding hydrogens is 898 g/mol. The molecule has 13 nitrogen and oxygen atoms in total. The molecule has 2 aliphatic heterocycles. The van der Waals surface area contributed by atoms with Crippen LogP contribution >= 0.6 is 0 Å². The molecule has 5 fully saturated rings. The van der Waals surface area contributed by atoms with Gasteiger partial charge < -0.3 is 49.8 Å². The van der Waals surface area contributed by atoms with Gasteiger partial charge in [-0.05, 0) is 152 Å². The fraction of sp³-hybridized carbons (Fsp3) is 0.875. The number of nitrogens with one attached hydrogen (secondary N) is 1. The number of fused-ring (bicyclic) bond motifs is 5. The Morgan fingerprint density at radius 2 is 1.59 bits per heavy atom. The third-order valence-electron chi connectivity index (χ3n) is 19.5. The quantitative estimate of drug-likeness (QED) is 0.0973. The third-order valence-corrected chi connectivity index (χ3v) is 19.5. The van der Waals surface area contributed by atoms with Crippen LogP contribution in [-0.4, -0.2) is 122 Å². The molecule has 6 unspecified atom stereocenters. The van der Waals surface area contributed by atoms with Crippen molar-refractivity contribution in [3.63, 3.8) is 0 Å². The molecule has 4 aliphatic carbocycles. The molecule has 22 atom stereocenters. The molecule has 3 saturated carbocycles. The zero-order valence-corrected chi connectivity index (χ0v) is 44.8. The van der Waals surface area contributed by atoms with Crippen LogP contribution in [0.1, 0.15) is 167 Å². The third kappa shape index (κ3) is 10.8. The molecule has 0 spiro atoms. The summed E-state index contributed by atoms with van der Waals surface area (Å²) >= 11 is 0. The molecule has 2 heterocycles. The normalized spacial score (nSPS) is 49.7. The molecule has 2 saturated heterocycles. The van der Waals surface area contributed by atoms with Crippen molar-refractivity contribution in [1.82, 2.24) is 5.32 Å². The smallest absolute Gasteiger partial charge is 0.311 e. The lowest BCUT2D eigenvalue weighted by Gasteiger charge is -2.61. The van der Waals surface area contributed by atoms with Crippen molar-refractivity contribution in [1.29, 1.82) is 0 Å². The molecule has 70 heavy (non-hydrogen) atoms. The van der Waals surface area contributed by atoms with Crippen LogP contribution in [0.2, 0.25) is 0 Å². The molecule has 6 N–H and O–H groups in total. The van der Waals surface area contributed by atoms with Crippen LogP contribution in [0, 0.1) is 64.1 Å². The maximum absolute atomic E-state index is 17.7. The summed E-state index contributed by atoms with van der Waals surface area (Å²) in [5.74, 6) is -3.48. The van der Waals surface area contributed by atoms with E-state index in [-0.39, 0.29) is 60.5 Å². The highest BCUT2D eigenvalue weighted by molar-refractivity contribution is 6.01. The number of hydrogen-bond acceptors (Lipinski definition) is 12. The Kier molecular flexibility index (Phi) is 17.5. The number of allylic oxidation sites excluding steroid dienone is 4. The van der Waals surface area contributed by atoms with Gasteiger partial charge in [0.15, 0.2) is 17.7 Å². The monoisotopic (exact) mass is 990 g/mol. The molecule has 400 valence electrons. The largest absolute Gasteiger partial charge is 0.459 e. The number of amides is 1. The van der Waals surface area contributed by atoms with Crippen LogP contribution in [0.25, 0.3) is 0 Å². The zero-order valence-electron chi connectivity index (χ0n) is 44.8. The van der Waals surface area contributed by atoms with E-state index in [2.05, 4.69) is 26.1 Å². The number of ketones is 1. The number of rotatable bonds is 9. The first-order valence-electron chi connectivity index (χ1n) is 27.0. The number of hydrogen-bond donors (Lipinski definition) is 6. The molecule has 6 aliphatic rings. The summed E-state index contributed by atoms with van der Waals surface area (Å²) in [5, 5.41) is 62.2. The van der Waals surface area contributed by atoms with Crippen LogP contribution in [0.3, 0.4) is 0 Å². The van der Waals surface area contributed by atoms with Crippen LogP contribution in [-0.2, 0) is 33.3 Å². The second kappa shape index (κ2) is 21.5. The van der Waals surface area contributed by atoms with Gasteiger partial charge in [-0.25, -0.2) is 4.39 Å². The fourth-order valence-corrected chi connectivity index (χ4v) is 15.5. The number of carbonyl (C=O) groups is 3. The minimum atomic E-state index is -1.95. The van der Waals surface area contributed by atoms with Gasteiger partial charge in [0.05, 0.1) is 41.5 Å². The lowest BCUT2D eigenvalue weighted by molar-refractivity contribution is -0.296. The average Bonchev–Trinajstić information content (AvgIpc) is 3.54. The molecule has 0 radical (unpaired) electrons. The van der Waals surface area contributed by atoms with Gasteiger partial charge in [0, 0.05) is 37.3 Å². The summed E-state index contributed by atoms with van der Waals surface area (Å²) in [6, 6.07) is 0. The van der Waals surface area contributed by atoms with E-state index >= 15 is 4.39 Å². The molecular formula is C56H92FNO12. The topological polar surface area (TPSA) is 201 Å². The number of esters is 1. The standard InChI is InChI=1S/C56H92FNO12/c1-14-43-55(12,66)47(61)34(5)37(18-15-17-31(2)27-51(8,65)28-33(4)46(35(6)50(64)69-43)70-44-30-54(11,67-13)48(62)36(7)68-44)19-16-24-58-49(63)45-32(3)25-41-40-21-20-38-26-39(59)22-23-53(38,10)56(40,57)42(60)29-52(41,45)9/h22-23,26,31-37,40-48,60-62,65-66H,14-21,24-25,27-30H2,1-13H3,(H,58,63)/t31-,32+,33+,34-,35+,36?,37?,40?,41?,42-,43+,44+,45-,46-,47?,48+,51+,52?,53-,54-,55+,56-/m0/s1. The van der Waals surface area contributed by atoms with Crippen molar-refractivity contribution < 1.29 is 63.3 Å². The average molecular weight is 990 g/mol. The molecule has 14 heteroatoms. The SMILES string of the molecule is CC[C@H]1OC(=O)[C@H](C)[C@@H](O[C@@H]2C[C@](C)(OC)[C@H](O)C(C)O2)[C@H](C)C[C@](C)(O)C[C@@H](C)CCCC(CCCNC(=O)[C@@H]2[C@H](C)CC3C4CCC5=CC(=O)C=C[C@]5(C)[C@@]4(F)[C@@H](O)CC32C)[C@H](C)C(O)[C@]1(C)O. The predicted octanol–water partition coefficient (Wildman–Crippen LogP) is 7.71. The van der Waals surface area contributed by atoms with E-state index < -0.39 is 106 Å². The van der Waals surface area contributed by atoms with E-state index in [0.717, 1.165) is 24.8 Å². The van der Waals surface area contributed by atoms with Gasteiger partial charge in [-0.1, -0.05) is 72.5 Å². The Labute approximate surface area is 418 Å². The highest BCUT2D eigenvalue weighted by atomic mass is 19.1. The van der Waals surface area contributed by atoms with Crippen LogP contribution < -0.4 is 5.32 Å². The maximum atomic E-state index is 17.7. The van der Waals surface area contributed by atoms with Crippen molar-refractivity contribution in [3.8, 4) is 0 Å². The summed E-state index contributed by atoms with van der Waals surface area (Å²) in [6.45, 7) is 22.7. The Morgan fingerprint density at radius 3 is 2.24 bits per heavy atom. The Morgan fingerprint density at radius 1 is 0.900 bits per heavy atom. The van der Waals surface area contributed by atoms with Crippen molar-refractivity contribution in [3.05, 3.63) is 23.8 Å². The van der Waals surface area contributed by atoms with E-state index in [1.54, 1.807) is 39.8 Å². The van der Waals surface area contributed by atoms with Crippen molar-refractivity contribution in [2.45, 2.75) is 232 Å². The number of alkyl halides is 1. The number of aliphatic hydroxyl groups is 5. The first-order chi connectivity index (χ1) is 32.5. The van der Waals surface area contributed by atoms with E-state index in [4.69, 9.17) is 18.9 Å². The number of cyclic esters (lactones) is 1. The summed E-state index contributed by atoms with van der Waals surface area (Å²) in [6.07, 6.45) is 4.63. The van der Waals surface area contributed by atoms with E-state index in [0.29, 0.717) is 51.5 Å². The van der Waals surface area contributed by atoms with Gasteiger partial charge in [-0.15, -0.1) is 0 Å². The summed E-state index contributed by atoms with van der Waals surface area (Å²) in [5.41, 5.74) is -6.81. The van der Waals surface area contributed by atoms with Gasteiger partial charge in [0.25, 0.3) is 0 Å². The second-order valence-corrected chi connectivity index (χ2v) is 24.8. The first kappa shape index (κ1) is 57.0. The van der Waals surface area contributed by atoms with E-state index in [1.165, 1.54) is 20.1 Å². The molecule has 1 amide bonds. The van der Waals surface area contributed by atoms with Gasteiger partial charge in [-0.2, -0.15) is 0 Å². The van der Waals surface area contributed by atoms with E-state index in [1.807, 2.05) is 27.7 Å². The predicted molar refractivity (Wildman–Crippen MR) is 265 cm³/mol. The second-order valence-electron chi connectivity index (χ2n) is 24.8. The minimum absolute atomic E-state index is 0.0301. The van der Waals surface area contributed by atoms with Crippen molar-refractivity contribution in [2.24, 2.45) is 64.1 Å². The van der Waals surface area contributed by atoms with Crippen LogP contribution in [0.5, 0.6) is 0 Å². The van der Waals surface area contributed by atoms with E-state index in [9.17, 15) is 39.9 Å². The number of halogens is 1. The molecule has 0 bridgehead atoms. The highest BCUT2D eigenvalue weighted by Crippen LogP contribution is 2.69. The number of methoxy groups -OCH3 is 1. The van der Waals surface area contributed by atoms with Crippen molar-refractivity contribution in [2.75, 3.05) is 13.7 Å². The highest BCUT2D eigenvalue weighted by Gasteiger charge is 2.72. The lowest BCUT2D eigenvalue weighted by atomic mass is 9.45. The van der Waals surface area contributed by atoms with Gasteiger partial charge in [0.2, 0.25) is 5.91 Å².